The number of halogens is 3. The van der Waals surface area contributed by atoms with Crippen molar-refractivity contribution in [3.8, 4) is 0 Å². The topological polar surface area (TPSA) is 61.4 Å². The Labute approximate surface area is 170 Å². The summed E-state index contributed by atoms with van der Waals surface area (Å²) < 4.78 is 13.9. The van der Waals surface area contributed by atoms with Crippen LogP contribution in [0.15, 0.2) is 18.2 Å². The number of benzene rings is 1. The molecule has 27 heavy (non-hydrogen) atoms. The molecule has 0 saturated carbocycles. The van der Waals surface area contributed by atoms with Gasteiger partial charge in [-0.1, -0.05) is 17.7 Å². The Morgan fingerprint density at radius 3 is 2.81 bits per heavy atom. The summed E-state index contributed by atoms with van der Waals surface area (Å²) in [5.74, 6) is -0.292. The van der Waals surface area contributed by atoms with Gasteiger partial charge in [0, 0.05) is 30.2 Å². The van der Waals surface area contributed by atoms with Crippen molar-refractivity contribution in [2.45, 2.75) is 38.1 Å². The standard InChI is InChI=1S/C19H25ClFN3O2.ClH/c20-15-5-1-6-16(21)14(15)10-18(25)24-9-3-4-13(12-24)11-23-19(26)17-7-2-8-22-17;/h1,5-6,13,17,22H,2-4,7-12H2,(H,23,26);1H. The van der Waals surface area contributed by atoms with Crippen molar-refractivity contribution in [2.24, 2.45) is 5.92 Å². The molecule has 2 N–H and O–H groups in total. The first-order chi connectivity index (χ1) is 12.5. The van der Waals surface area contributed by atoms with E-state index in [2.05, 4.69) is 10.6 Å². The first-order valence-corrected chi connectivity index (χ1v) is 9.64. The molecule has 2 aliphatic rings. The van der Waals surface area contributed by atoms with E-state index in [0.29, 0.717) is 19.6 Å². The van der Waals surface area contributed by atoms with E-state index in [1.54, 1.807) is 11.0 Å². The highest BCUT2D eigenvalue weighted by Gasteiger charge is 2.27. The van der Waals surface area contributed by atoms with Crippen LogP contribution in [-0.4, -0.2) is 48.9 Å². The summed E-state index contributed by atoms with van der Waals surface area (Å²) in [4.78, 5) is 26.4. The Balaban J connectivity index is 0.00000261. The van der Waals surface area contributed by atoms with E-state index in [1.807, 2.05) is 0 Å². The molecule has 0 bridgehead atoms. The molecule has 5 nitrogen and oxygen atoms in total. The van der Waals surface area contributed by atoms with Crippen molar-refractivity contribution in [1.82, 2.24) is 15.5 Å². The van der Waals surface area contributed by atoms with Crippen LogP contribution >= 0.6 is 24.0 Å². The van der Waals surface area contributed by atoms with Gasteiger partial charge in [-0.3, -0.25) is 9.59 Å². The van der Waals surface area contributed by atoms with Gasteiger partial charge in [-0.25, -0.2) is 4.39 Å². The second kappa shape index (κ2) is 10.2. The van der Waals surface area contributed by atoms with Gasteiger partial charge in [0.15, 0.2) is 0 Å². The zero-order chi connectivity index (χ0) is 18.5. The first kappa shape index (κ1) is 21.9. The smallest absolute Gasteiger partial charge is 0.237 e. The highest BCUT2D eigenvalue weighted by Crippen LogP contribution is 2.22. The van der Waals surface area contributed by atoms with E-state index in [-0.39, 0.29) is 53.2 Å². The van der Waals surface area contributed by atoms with E-state index >= 15 is 0 Å². The lowest BCUT2D eigenvalue weighted by Gasteiger charge is -2.33. The molecule has 150 valence electrons. The number of hydrogen-bond acceptors (Lipinski definition) is 3. The van der Waals surface area contributed by atoms with E-state index in [1.165, 1.54) is 12.1 Å². The Hall–Kier alpha value is -1.37. The third-order valence-electron chi connectivity index (χ3n) is 5.20. The number of carbonyl (C=O) groups excluding carboxylic acids is 2. The summed E-state index contributed by atoms with van der Waals surface area (Å²) in [6.45, 7) is 2.71. The van der Waals surface area contributed by atoms with Crippen molar-refractivity contribution in [2.75, 3.05) is 26.2 Å². The highest BCUT2D eigenvalue weighted by atomic mass is 35.5. The van der Waals surface area contributed by atoms with E-state index in [9.17, 15) is 14.0 Å². The normalized spacial score (nSPS) is 22.2. The molecule has 0 radical (unpaired) electrons. The zero-order valence-electron chi connectivity index (χ0n) is 15.2. The third kappa shape index (κ3) is 5.80. The molecule has 0 spiro atoms. The molecular formula is C19H26Cl2FN3O2. The second-order valence-electron chi connectivity index (χ2n) is 7.12. The van der Waals surface area contributed by atoms with Gasteiger partial charge in [0.1, 0.15) is 5.82 Å². The molecule has 2 atom stereocenters. The van der Waals surface area contributed by atoms with Gasteiger partial charge in [-0.15, -0.1) is 12.4 Å². The average molecular weight is 418 g/mol. The fourth-order valence-corrected chi connectivity index (χ4v) is 3.93. The van der Waals surface area contributed by atoms with E-state index in [4.69, 9.17) is 11.6 Å². The summed E-state index contributed by atoms with van der Waals surface area (Å²) in [5.41, 5.74) is 0.252. The largest absolute Gasteiger partial charge is 0.354 e. The Kier molecular flexibility index (Phi) is 8.32. The van der Waals surface area contributed by atoms with Crippen molar-refractivity contribution < 1.29 is 14.0 Å². The molecule has 2 amide bonds. The summed E-state index contributed by atoms with van der Waals surface area (Å²) in [6, 6.07) is 4.36. The van der Waals surface area contributed by atoms with E-state index < -0.39 is 5.82 Å². The monoisotopic (exact) mass is 417 g/mol. The maximum Gasteiger partial charge on any atom is 0.237 e. The van der Waals surface area contributed by atoms with Gasteiger partial charge >= 0.3 is 0 Å². The lowest BCUT2D eigenvalue weighted by molar-refractivity contribution is -0.132. The quantitative estimate of drug-likeness (QED) is 0.773. The molecule has 2 aliphatic heterocycles. The number of hydrogen-bond donors (Lipinski definition) is 2. The first-order valence-electron chi connectivity index (χ1n) is 9.26. The maximum absolute atomic E-state index is 13.9. The minimum absolute atomic E-state index is 0. The summed E-state index contributed by atoms with van der Waals surface area (Å²) >= 11 is 6.02. The van der Waals surface area contributed by atoms with E-state index in [0.717, 1.165) is 32.2 Å². The second-order valence-corrected chi connectivity index (χ2v) is 7.53. The highest BCUT2D eigenvalue weighted by molar-refractivity contribution is 6.31. The third-order valence-corrected chi connectivity index (χ3v) is 5.56. The molecule has 2 fully saturated rings. The van der Waals surface area contributed by atoms with Gasteiger partial charge < -0.3 is 15.5 Å². The lowest BCUT2D eigenvalue weighted by Crippen LogP contribution is -2.47. The number of carbonyl (C=O) groups is 2. The lowest BCUT2D eigenvalue weighted by atomic mass is 9.97. The number of likely N-dealkylation sites (tertiary alicyclic amines) is 1. The minimum atomic E-state index is -0.448. The van der Waals surface area contributed by atoms with Crippen LogP contribution in [0.4, 0.5) is 4.39 Å². The molecule has 8 heteroatoms. The number of piperidine rings is 1. The Bertz CT molecular complexity index is 648. The van der Waals surface area contributed by atoms with Gasteiger partial charge in [0.2, 0.25) is 11.8 Å². The van der Waals surface area contributed by atoms with Crippen molar-refractivity contribution in [1.29, 1.82) is 0 Å². The number of nitrogens with zero attached hydrogens (tertiary/aromatic N) is 1. The fourth-order valence-electron chi connectivity index (χ4n) is 3.70. The van der Waals surface area contributed by atoms with Crippen molar-refractivity contribution in [3.63, 3.8) is 0 Å². The fraction of sp³-hybridized carbons (Fsp3) is 0.579. The Morgan fingerprint density at radius 2 is 2.11 bits per heavy atom. The molecule has 2 saturated heterocycles. The summed E-state index contributed by atoms with van der Waals surface area (Å²) in [6.07, 6.45) is 3.74. The van der Waals surface area contributed by atoms with Gasteiger partial charge in [0.05, 0.1) is 12.5 Å². The van der Waals surface area contributed by atoms with Crippen LogP contribution in [-0.2, 0) is 16.0 Å². The van der Waals surface area contributed by atoms with Crippen LogP contribution in [0.2, 0.25) is 5.02 Å². The van der Waals surface area contributed by atoms with Crippen LogP contribution in [0, 0.1) is 11.7 Å². The van der Waals surface area contributed by atoms with Gasteiger partial charge in [-0.05, 0) is 50.3 Å². The molecule has 2 heterocycles. The molecule has 1 aromatic carbocycles. The van der Waals surface area contributed by atoms with Crippen molar-refractivity contribution in [3.05, 3.63) is 34.6 Å². The molecule has 2 unspecified atom stereocenters. The zero-order valence-corrected chi connectivity index (χ0v) is 16.8. The van der Waals surface area contributed by atoms with Crippen LogP contribution in [0.25, 0.3) is 0 Å². The molecule has 3 rings (SSSR count). The van der Waals surface area contributed by atoms with Crippen LogP contribution in [0.5, 0.6) is 0 Å². The summed E-state index contributed by atoms with van der Waals surface area (Å²) in [5, 5.41) is 6.47. The minimum Gasteiger partial charge on any atom is -0.354 e. The molecular weight excluding hydrogens is 392 g/mol. The summed E-state index contributed by atoms with van der Waals surface area (Å²) in [7, 11) is 0. The SMILES string of the molecule is Cl.O=C(NCC1CCCN(C(=O)Cc2c(F)cccc2Cl)C1)C1CCCN1. The van der Waals surface area contributed by atoms with Gasteiger partial charge in [-0.2, -0.15) is 0 Å². The molecule has 1 aromatic rings. The van der Waals surface area contributed by atoms with Crippen LogP contribution < -0.4 is 10.6 Å². The van der Waals surface area contributed by atoms with Gasteiger partial charge in [0.25, 0.3) is 0 Å². The van der Waals surface area contributed by atoms with Crippen molar-refractivity contribution >= 4 is 35.8 Å². The Morgan fingerprint density at radius 1 is 1.30 bits per heavy atom. The van der Waals surface area contributed by atoms with Crippen LogP contribution in [0.3, 0.4) is 0 Å². The predicted octanol–water partition coefficient (Wildman–Crippen LogP) is 2.55. The average Bonchev–Trinajstić information content (AvgIpc) is 3.18. The van der Waals surface area contributed by atoms with Crippen LogP contribution in [0.1, 0.15) is 31.2 Å². The molecule has 0 aromatic heterocycles. The number of rotatable bonds is 5. The predicted molar refractivity (Wildman–Crippen MR) is 106 cm³/mol. The maximum atomic E-state index is 13.9. The number of nitrogens with one attached hydrogen (secondary N) is 2. The molecule has 0 aliphatic carbocycles. The number of amides is 2.